The summed E-state index contributed by atoms with van der Waals surface area (Å²) >= 11 is 0. The lowest BCUT2D eigenvalue weighted by Crippen LogP contribution is -2.34. The summed E-state index contributed by atoms with van der Waals surface area (Å²) in [5, 5.41) is 0.869. The Morgan fingerprint density at radius 3 is 2.77 bits per heavy atom. The van der Waals surface area contributed by atoms with Crippen LogP contribution in [0.25, 0.3) is 10.9 Å². The van der Waals surface area contributed by atoms with Gasteiger partial charge in [-0.3, -0.25) is 4.98 Å². The van der Waals surface area contributed by atoms with E-state index in [2.05, 4.69) is 9.88 Å². The van der Waals surface area contributed by atoms with Gasteiger partial charge >= 0.3 is 0 Å². The van der Waals surface area contributed by atoms with Crippen LogP contribution < -0.4 is 0 Å². The molecule has 118 valence electrons. The molecular weight excluding hydrogens is 298 g/mol. The van der Waals surface area contributed by atoms with Crippen molar-refractivity contribution in [3.05, 3.63) is 36.0 Å². The Balaban J connectivity index is 2.05. The molecule has 1 aliphatic heterocycles. The van der Waals surface area contributed by atoms with Crippen LogP contribution >= 0.6 is 0 Å². The highest BCUT2D eigenvalue weighted by atomic mass is 32.2. The van der Waals surface area contributed by atoms with Crippen LogP contribution in [0, 0.1) is 6.92 Å². The molecule has 1 aromatic carbocycles. The zero-order chi connectivity index (χ0) is 15.7. The highest BCUT2D eigenvalue weighted by Crippen LogP contribution is 2.25. The van der Waals surface area contributed by atoms with Gasteiger partial charge in [-0.15, -0.1) is 0 Å². The maximum Gasteiger partial charge on any atom is 0.245 e. The summed E-state index contributed by atoms with van der Waals surface area (Å²) in [5.41, 5.74) is 1.59. The third kappa shape index (κ3) is 2.86. The third-order valence-electron chi connectivity index (χ3n) is 4.11. The molecule has 0 saturated carbocycles. The van der Waals surface area contributed by atoms with Gasteiger partial charge in [0.1, 0.15) is 4.90 Å². The van der Waals surface area contributed by atoms with E-state index in [0.717, 1.165) is 30.5 Å². The first kappa shape index (κ1) is 15.4. The van der Waals surface area contributed by atoms with E-state index in [4.69, 9.17) is 0 Å². The van der Waals surface area contributed by atoms with Gasteiger partial charge in [-0.05, 0) is 44.6 Å². The minimum atomic E-state index is -3.50. The molecule has 0 amide bonds. The third-order valence-corrected chi connectivity index (χ3v) is 6.04. The average molecular weight is 319 g/mol. The first-order chi connectivity index (χ1) is 10.5. The average Bonchev–Trinajstić information content (AvgIpc) is 2.71. The second-order valence-electron chi connectivity index (χ2n) is 5.90. The molecule has 0 atom stereocenters. The maximum atomic E-state index is 13.0. The molecule has 1 aliphatic rings. The van der Waals surface area contributed by atoms with Crippen molar-refractivity contribution in [2.75, 3.05) is 33.2 Å². The molecule has 2 aromatic rings. The number of likely N-dealkylation sites (N-methyl/N-ethyl adjacent to an activating group) is 1. The molecule has 1 saturated heterocycles. The van der Waals surface area contributed by atoms with Crippen LogP contribution in [-0.2, 0) is 10.0 Å². The summed E-state index contributed by atoms with van der Waals surface area (Å²) in [6.07, 6.45) is 2.57. The lowest BCUT2D eigenvalue weighted by Gasteiger charge is -2.20. The van der Waals surface area contributed by atoms with Crippen LogP contribution in [0.5, 0.6) is 0 Å². The van der Waals surface area contributed by atoms with Crippen molar-refractivity contribution in [2.24, 2.45) is 0 Å². The van der Waals surface area contributed by atoms with Gasteiger partial charge in [0.05, 0.1) is 5.52 Å². The molecule has 0 bridgehead atoms. The number of para-hydroxylation sites is 1. The van der Waals surface area contributed by atoms with Crippen molar-refractivity contribution in [3.8, 4) is 0 Å². The minimum Gasteiger partial charge on any atom is -0.305 e. The van der Waals surface area contributed by atoms with Crippen LogP contribution in [-0.4, -0.2) is 55.8 Å². The van der Waals surface area contributed by atoms with Gasteiger partial charge in [-0.2, -0.15) is 4.31 Å². The van der Waals surface area contributed by atoms with Gasteiger partial charge in [-0.1, -0.05) is 12.1 Å². The predicted molar refractivity (Wildman–Crippen MR) is 87.4 cm³/mol. The number of fused-ring (bicyclic) bond motifs is 1. The van der Waals surface area contributed by atoms with Crippen LogP contribution in [0.4, 0.5) is 0 Å². The Morgan fingerprint density at radius 1 is 1.14 bits per heavy atom. The number of benzene rings is 1. The van der Waals surface area contributed by atoms with Crippen molar-refractivity contribution in [1.82, 2.24) is 14.2 Å². The van der Waals surface area contributed by atoms with Crippen LogP contribution in [0.15, 0.2) is 35.4 Å². The number of aryl methyl sites for hydroxylation is 1. The fourth-order valence-corrected chi connectivity index (χ4v) is 4.49. The molecular formula is C16H21N3O2S. The normalized spacial score (nSPS) is 18.5. The van der Waals surface area contributed by atoms with E-state index in [-0.39, 0.29) is 0 Å². The fraction of sp³-hybridized carbons (Fsp3) is 0.438. The summed E-state index contributed by atoms with van der Waals surface area (Å²) < 4.78 is 27.6. The first-order valence-electron chi connectivity index (χ1n) is 7.52. The molecule has 5 nitrogen and oxygen atoms in total. The fourth-order valence-electron chi connectivity index (χ4n) is 2.85. The number of hydrogen-bond donors (Lipinski definition) is 0. The molecule has 0 N–H and O–H groups in total. The van der Waals surface area contributed by atoms with E-state index in [9.17, 15) is 8.42 Å². The zero-order valence-corrected chi connectivity index (χ0v) is 13.8. The smallest absolute Gasteiger partial charge is 0.245 e. The van der Waals surface area contributed by atoms with E-state index in [0.29, 0.717) is 23.5 Å². The van der Waals surface area contributed by atoms with E-state index in [1.807, 2.05) is 26.1 Å². The molecule has 6 heteroatoms. The number of hydrogen-bond acceptors (Lipinski definition) is 4. The van der Waals surface area contributed by atoms with Gasteiger partial charge < -0.3 is 4.90 Å². The van der Waals surface area contributed by atoms with E-state index < -0.39 is 10.0 Å². The van der Waals surface area contributed by atoms with Crippen molar-refractivity contribution < 1.29 is 8.42 Å². The Hall–Kier alpha value is -1.50. The Bertz CT molecular complexity index is 789. The Morgan fingerprint density at radius 2 is 1.95 bits per heavy atom. The molecule has 0 unspecified atom stereocenters. The molecule has 0 spiro atoms. The van der Waals surface area contributed by atoms with E-state index in [1.165, 1.54) is 0 Å². The standard InChI is InChI=1S/C16H21N3O2S/c1-13-11-14-5-3-6-15(16(14)17-12-13)22(20,21)19-8-4-7-18(2)9-10-19/h3,5-6,11-12H,4,7-10H2,1-2H3. The number of sulfonamides is 1. The number of rotatable bonds is 2. The number of pyridine rings is 1. The monoisotopic (exact) mass is 319 g/mol. The first-order valence-corrected chi connectivity index (χ1v) is 8.96. The minimum absolute atomic E-state index is 0.314. The largest absolute Gasteiger partial charge is 0.305 e. The van der Waals surface area contributed by atoms with Crippen molar-refractivity contribution >= 4 is 20.9 Å². The quantitative estimate of drug-likeness (QED) is 0.848. The highest BCUT2D eigenvalue weighted by Gasteiger charge is 2.28. The maximum absolute atomic E-state index is 13.0. The Labute approximate surface area is 131 Å². The molecule has 0 aliphatic carbocycles. The second kappa shape index (κ2) is 5.95. The lowest BCUT2D eigenvalue weighted by atomic mass is 10.2. The van der Waals surface area contributed by atoms with Gasteiger partial charge in [0.25, 0.3) is 0 Å². The molecule has 1 aromatic heterocycles. The van der Waals surface area contributed by atoms with E-state index in [1.54, 1.807) is 22.6 Å². The molecule has 22 heavy (non-hydrogen) atoms. The van der Waals surface area contributed by atoms with Gasteiger partial charge in [0.15, 0.2) is 0 Å². The molecule has 3 rings (SSSR count). The van der Waals surface area contributed by atoms with Crippen LogP contribution in [0.1, 0.15) is 12.0 Å². The van der Waals surface area contributed by atoms with E-state index >= 15 is 0 Å². The van der Waals surface area contributed by atoms with Gasteiger partial charge in [0.2, 0.25) is 10.0 Å². The highest BCUT2D eigenvalue weighted by molar-refractivity contribution is 7.89. The summed E-state index contributed by atoms with van der Waals surface area (Å²) in [4.78, 5) is 6.85. The van der Waals surface area contributed by atoms with Crippen molar-refractivity contribution in [1.29, 1.82) is 0 Å². The number of aromatic nitrogens is 1. The molecule has 1 fully saturated rings. The summed E-state index contributed by atoms with van der Waals surface area (Å²) in [6, 6.07) is 7.33. The summed E-state index contributed by atoms with van der Waals surface area (Å²) in [5.74, 6) is 0. The molecule has 2 heterocycles. The topological polar surface area (TPSA) is 53.5 Å². The SMILES string of the molecule is Cc1cnc2c(S(=O)(=O)N3CCCN(C)CC3)cccc2c1. The van der Waals surface area contributed by atoms with Crippen LogP contribution in [0.3, 0.4) is 0 Å². The Kier molecular flexibility index (Phi) is 4.16. The predicted octanol–water partition coefficient (Wildman–Crippen LogP) is 1.87. The van der Waals surface area contributed by atoms with Crippen LogP contribution in [0.2, 0.25) is 0 Å². The second-order valence-corrected chi connectivity index (χ2v) is 7.81. The number of nitrogens with zero attached hydrogens (tertiary/aromatic N) is 3. The van der Waals surface area contributed by atoms with Crippen molar-refractivity contribution in [2.45, 2.75) is 18.2 Å². The molecule has 0 radical (unpaired) electrons. The lowest BCUT2D eigenvalue weighted by molar-refractivity contribution is 0.347. The van der Waals surface area contributed by atoms with Gasteiger partial charge in [-0.25, -0.2) is 8.42 Å². The zero-order valence-electron chi connectivity index (χ0n) is 13.0. The summed E-state index contributed by atoms with van der Waals surface area (Å²) in [7, 11) is -1.48. The van der Waals surface area contributed by atoms with Gasteiger partial charge in [0, 0.05) is 31.2 Å². The van der Waals surface area contributed by atoms with Crippen molar-refractivity contribution in [3.63, 3.8) is 0 Å². The summed E-state index contributed by atoms with van der Waals surface area (Å²) in [6.45, 7) is 4.74.